The highest BCUT2D eigenvalue weighted by Gasteiger charge is 2.22. The third-order valence-electron chi connectivity index (χ3n) is 9.95. The van der Waals surface area contributed by atoms with Gasteiger partial charge in [0.05, 0.1) is 52.3 Å². The standard InChI is InChI=1S/C44H38ClN7O4/c45-37-19-34(5-7-41(37)55-26-31-4-6-40-32(17-31)10-14-52(40)25-30-3-1-2-29(16-30)22-46)50-44-33(23-47)24-49-38-21-42(56-35-11-15-54-27-35)39(20-36(38)44)51-43(53)18-28-8-12-48-13-9-28/h1-7,10,14,16-21,24,35,48H,8-9,11-13,15,25-27H2,(H,49,50)(H,51,53). The van der Waals surface area contributed by atoms with Crippen molar-refractivity contribution in [3.05, 3.63) is 130 Å². The second kappa shape index (κ2) is 16.6. The zero-order valence-electron chi connectivity index (χ0n) is 30.5. The summed E-state index contributed by atoms with van der Waals surface area (Å²) in [6.45, 7) is 3.72. The number of piperidine rings is 1. The topological polar surface area (TPSA) is 146 Å². The monoisotopic (exact) mass is 763 g/mol. The van der Waals surface area contributed by atoms with E-state index in [0.717, 1.165) is 60.0 Å². The Balaban J connectivity index is 1.01. The molecule has 2 saturated heterocycles. The molecular formula is C44H38ClN7O4. The van der Waals surface area contributed by atoms with Crippen molar-refractivity contribution in [3.63, 3.8) is 0 Å². The van der Waals surface area contributed by atoms with E-state index in [0.29, 0.717) is 82.0 Å². The molecule has 11 nitrogen and oxygen atoms in total. The first-order chi connectivity index (χ1) is 27.4. The highest BCUT2D eigenvalue weighted by Crippen LogP contribution is 2.38. The minimum absolute atomic E-state index is 0.153. The van der Waals surface area contributed by atoms with Gasteiger partial charge in [-0.05, 0) is 97.0 Å². The zero-order valence-corrected chi connectivity index (χ0v) is 31.2. The fourth-order valence-corrected chi connectivity index (χ4v) is 7.32. The average molecular weight is 764 g/mol. The minimum Gasteiger partial charge on any atom is -0.487 e. The lowest BCUT2D eigenvalue weighted by Crippen LogP contribution is -2.24. The van der Waals surface area contributed by atoms with Crippen molar-refractivity contribution >= 4 is 56.4 Å². The predicted molar refractivity (Wildman–Crippen MR) is 216 cm³/mol. The van der Waals surface area contributed by atoms with Crippen molar-refractivity contribution in [3.8, 4) is 23.6 Å². The fraction of sp³-hybridized carbons (Fsp3) is 0.227. The number of nitriles is 2. The first-order valence-corrected chi connectivity index (χ1v) is 18.9. The van der Waals surface area contributed by atoms with Crippen LogP contribution in [-0.4, -0.2) is 47.9 Å². The van der Waals surface area contributed by atoms with Gasteiger partial charge in [-0.2, -0.15) is 10.5 Å². The number of amides is 1. The molecule has 0 spiro atoms. The molecule has 2 aliphatic rings. The molecule has 6 aromatic rings. The predicted octanol–water partition coefficient (Wildman–Crippen LogP) is 8.37. The summed E-state index contributed by atoms with van der Waals surface area (Å²) in [6.07, 6.45) is 7.44. The van der Waals surface area contributed by atoms with E-state index in [9.17, 15) is 15.3 Å². The molecule has 2 aromatic heterocycles. The molecule has 2 aliphatic heterocycles. The van der Waals surface area contributed by atoms with Crippen molar-refractivity contribution in [2.24, 2.45) is 0 Å². The number of pyridine rings is 1. The van der Waals surface area contributed by atoms with Crippen LogP contribution in [0.25, 0.3) is 21.8 Å². The van der Waals surface area contributed by atoms with Crippen LogP contribution in [0.3, 0.4) is 0 Å². The molecule has 12 heteroatoms. The maximum absolute atomic E-state index is 13.2. The number of benzene rings is 4. The number of nitrogens with one attached hydrogen (secondary N) is 3. The van der Waals surface area contributed by atoms with Gasteiger partial charge in [-0.1, -0.05) is 35.4 Å². The summed E-state index contributed by atoms with van der Waals surface area (Å²) in [5, 5.41) is 31.2. The van der Waals surface area contributed by atoms with Gasteiger partial charge < -0.3 is 34.7 Å². The normalized spacial score (nSPS) is 15.3. The molecular weight excluding hydrogens is 726 g/mol. The molecule has 4 aromatic carbocycles. The minimum atomic E-state index is -0.243. The molecule has 280 valence electrons. The van der Waals surface area contributed by atoms with Crippen molar-refractivity contribution in [1.82, 2.24) is 14.9 Å². The highest BCUT2D eigenvalue weighted by atomic mass is 35.5. The number of anilines is 3. The molecule has 4 heterocycles. The number of carbonyl (C=O) groups excluding carboxylic acids is 1. The van der Waals surface area contributed by atoms with Gasteiger partial charge in [-0.3, -0.25) is 9.78 Å². The van der Waals surface area contributed by atoms with Crippen LogP contribution >= 0.6 is 11.6 Å². The van der Waals surface area contributed by atoms with Gasteiger partial charge in [0.2, 0.25) is 5.91 Å². The molecule has 2 fully saturated rings. The van der Waals surface area contributed by atoms with Gasteiger partial charge in [0.15, 0.2) is 0 Å². The first-order valence-electron chi connectivity index (χ1n) is 18.5. The number of nitrogens with zero attached hydrogens (tertiary/aromatic N) is 4. The number of halogens is 1. The molecule has 3 N–H and O–H groups in total. The van der Waals surface area contributed by atoms with E-state index in [2.05, 4.69) is 55.8 Å². The summed E-state index contributed by atoms with van der Waals surface area (Å²) in [4.78, 5) is 17.8. The lowest BCUT2D eigenvalue weighted by Gasteiger charge is -2.19. The molecule has 0 aliphatic carbocycles. The van der Waals surface area contributed by atoms with E-state index in [1.165, 1.54) is 6.20 Å². The Bertz CT molecular complexity index is 2560. The first kappa shape index (κ1) is 36.6. The lowest BCUT2D eigenvalue weighted by molar-refractivity contribution is -0.112. The number of rotatable bonds is 11. The van der Waals surface area contributed by atoms with Crippen molar-refractivity contribution in [1.29, 1.82) is 10.5 Å². The number of aromatic nitrogens is 2. The van der Waals surface area contributed by atoms with E-state index in [4.69, 9.17) is 25.8 Å². The van der Waals surface area contributed by atoms with E-state index in [1.54, 1.807) is 36.4 Å². The lowest BCUT2D eigenvalue weighted by atomic mass is 10.0. The highest BCUT2D eigenvalue weighted by molar-refractivity contribution is 6.32. The smallest absolute Gasteiger partial charge is 0.248 e. The molecule has 0 saturated carbocycles. The summed E-state index contributed by atoms with van der Waals surface area (Å²) in [5.74, 6) is 0.752. The van der Waals surface area contributed by atoms with E-state index in [1.807, 2.05) is 36.5 Å². The number of carbonyl (C=O) groups is 1. The maximum atomic E-state index is 13.2. The zero-order chi connectivity index (χ0) is 38.4. The molecule has 1 atom stereocenters. The Morgan fingerprint density at radius 2 is 1.91 bits per heavy atom. The summed E-state index contributed by atoms with van der Waals surface area (Å²) >= 11 is 6.77. The van der Waals surface area contributed by atoms with E-state index >= 15 is 0 Å². The number of fused-ring (bicyclic) bond motifs is 2. The number of ether oxygens (including phenoxy) is 3. The maximum Gasteiger partial charge on any atom is 0.248 e. The van der Waals surface area contributed by atoms with Crippen molar-refractivity contribution in [2.75, 3.05) is 36.9 Å². The molecule has 1 amide bonds. The second-order valence-corrected chi connectivity index (χ2v) is 14.3. The van der Waals surface area contributed by atoms with Crippen LogP contribution in [0.4, 0.5) is 17.1 Å². The van der Waals surface area contributed by atoms with Gasteiger partial charge in [-0.15, -0.1) is 0 Å². The largest absolute Gasteiger partial charge is 0.487 e. The number of hydrogen-bond donors (Lipinski definition) is 3. The van der Waals surface area contributed by atoms with Gasteiger partial charge in [0.25, 0.3) is 0 Å². The molecule has 0 bridgehead atoms. The van der Waals surface area contributed by atoms with Crippen LogP contribution in [0.5, 0.6) is 11.5 Å². The van der Waals surface area contributed by atoms with Gasteiger partial charge in [-0.25, -0.2) is 0 Å². The molecule has 8 rings (SSSR count). The average Bonchev–Trinajstić information content (AvgIpc) is 3.88. The van der Waals surface area contributed by atoms with Crippen LogP contribution in [-0.2, 0) is 22.7 Å². The summed E-state index contributed by atoms with van der Waals surface area (Å²) in [5.41, 5.74) is 7.40. The van der Waals surface area contributed by atoms with E-state index < -0.39 is 0 Å². The van der Waals surface area contributed by atoms with E-state index in [-0.39, 0.29) is 12.0 Å². The van der Waals surface area contributed by atoms with Crippen LogP contribution < -0.4 is 25.4 Å². The Morgan fingerprint density at radius 1 is 1.02 bits per heavy atom. The Labute approximate surface area is 329 Å². The van der Waals surface area contributed by atoms with Crippen LogP contribution in [0, 0.1) is 22.7 Å². The van der Waals surface area contributed by atoms with Gasteiger partial charge >= 0.3 is 0 Å². The third kappa shape index (κ3) is 8.31. The van der Waals surface area contributed by atoms with Gasteiger partial charge in [0, 0.05) is 54.1 Å². The summed E-state index contributed by atoms with van der Waals surface area (Å²) < 4.78 is 20.2. The van der Waals surface area contributed by atoms with Crippen LogP contribution in [0.15, 0.2) is 103 Å². The van der Waals surface area contributed by atoms with Crippen LogP contribution in [0.2, 0.25) is 5.02 Å². The SMILES string of the molecule is N#Cc1cccc(Cn2ccc3cc(COc4ccc(Nc5c(C#N)cnc6cc(OC7CCOC7)c(NC(=O)C=C7CCNCC7)cc56)cc4Cl)ccc32)c1. The Kier molecular flexibility index (Phi) is 10.8. The Hall–Kier alpha value is -6.37. The molecule has 1 unspecified atom stereocenters. The molecule has 0 radical (unpaired) electrons. The number of hydrogen-bond acceptors (Lipinski definition) is 9. The van der Waals surface area contributed by atoms with Crippen LogP contribution in [0.1, 0.15) is 41.5 Å². The quantitative estimate of drug-likeness (QED) is 0.111. The second-order valence-electron chi connectivity index (χ2n) is 13.9. The Morgan fingerprint density at radius 3 is 2.71 bits per heavy atom. The summed E-state index contributed by atoms with van der Waals surface area (Å²) in [7, 11) is 0. The fourth-order valence-electron chi connectivity index (χ4n) is 7.08. The summed E-state index contributed by atoms with van der Waals surface area (Å²) in [6, 6.07) is 29.3. The van der Waals surface area contributed by atoms with Crippen molar-refractivity contribution < 1.29 is 19.0 Å². The molecule has 56 heavy (non-hydrogen) atoms. The van der Waals surface area contributed by atoms with Gasteiger partial charge in [0.1, 0.15) is 30.3 Å². The van der Waals surface area contributed by atoms with Crippen molar-refractivity contribution in [2.45, 2.75) is 38.5 Å². The third-order valence-corrected chi connectivity index (χ3v) is 10.2.